The maximum atomic E-state index is 12.4. The molecule has 0 radical (unpaired) electrons. The number of hydrogen-bond acceptors (Lipinski definition) is 3. The predicted molar refractivity (Wildman–Crippen MR) is 76.5 cm³/mol. The number of methoxy groups -OCH3 is 1. The highest BCUT2D eigenvalue weighted by Gasteiger charge is 2.19. The first-order valence-corrected chi connectivity index (χ1v) is 6.39. The molecule has 2 aromatic carbocycles. The lowest BCUT2D eigenvalue weighted by molar-refractivity contribution is 0.104. The highest BCUT2D eigenvalue weighted by atomic mass is 16.5. The molecule has 0 saturated heterocycles. The minimum absolute atomic E-state index is 0.117. The minimum Gasteiger partial charge on any atom is -0.496 e. The van der Waals surface area contributed by atoms with Crippen molar-refractivity contribution in [2.75, 3.05) is 7.11 Å². The molecule has 0 amide bonds. The number of carbonyl (C=O) groups excluding carboxylic acids is 1. The molecule has 0 aromatic heterocycles. The Kier molecular flexibility index (Phi) is 3.25. The zero-order chi connectivity index (χ0) is 13.9. The molecule has 0 unspecified atom stereocenters. The second-order valence-corrected chi connectivity index (χ2v) is 4.52. The Morgan fingerprint density at radius 1 is 1.15 bits per heavy atom. The van der Waals surface area contributed by atoms with Crippen molar-refractivity contribution in [3.8, 4) is 5.75 Å². The van der Waals surface area contributed by atoms with Crippen molar-refractivity contribution in [2.24, 2.45) is 0 Å². The van der Waals surface area contributed by atoms with Crippen LogP contribution in [0.15, 0.2) is 54.6 Å². The van der Waals surface area contributed by atoms with Gasteiger partial charge in [-0.05, 0) is 12.1 Å². The Morgan fingerprint density at radius 2 is 1.90 bits per heavy atom. The molecule has 0 N–H and O–H groups in total. The molecule has 2 aromatic rings. The van der Waals surface area contributed by atoms with Crippen LogP contribution in [-0.4, -0.2) is 12.9 Å². The van der Waals surface area contributed by atoms with Crippen molar-refractivity contribution >= 4 is 11.5 Å². The fourth-order valence-corrected chi connectivity index (χ4v) is 2.28. The third-order valence-corrected chi connectivity index (χ3v) is 3.30. The van der Waals surface area contributed by atoms with Gasteiger partial charge in [0.25, 0.3) is 0 Å². The summed E-state index contributed by atoms with van der Waals surface area (Å²) in [5, 5.41) is 0. The summed E-state index contributed by atoms with van der Waals surface area (Å²) in [4.78, 5) is 12.4. The Hall–Kier alpha value is -2.55. The molecule has 0 spiro atoms. The molecule has 0 fully saturated rings. The maximum absolute atomic E-state index is 12.4. The van der Waals surface area contributed by atoms with Gasteiger partial charge in [0.2, 0.25) is 0 Å². The molecule has 3 nitrogen and oxygen atoms in total. The molecule has 100 valence electrons. The molecule has 1 aliphatic rings. The Labute approximate surface area is 117 Å². The highest BCUT2D eigenvalue weighted by molar-refractivity contribution is 6.09. The van der Waals surface area contributed by atoms with Crippen LogP contribution in [-0.2, 0) is 11.3 Å². The zero-order valence-corrected chi connectivity index (χ0v) is 11.1. The average molecular weight is 266 g/mol. The first kappa shape index (κ1) is 12.5. The van der Waals surface area contributed by atoms with Crippen LogP contribution in [0.1, 0.15) is 21.5 Å². The van der Waals surface area contributed by atoms with Gasteiger partial charge in [0.15, 0.2) is 5.78 Å². The standard InChI is InChI=1S/C17H14O3/c1-19-16-9-5-4-8-14(16)15(18)10-17-13-7-3-2-6-12(13)11-20-17/h2-10H,11H2,1H3/b17-10-. The highest BCUT2D eigenvalue weighted by Crippen LogP contribution is 2.30. The monoisotopic (exact) mass is 266 g/mol. The second-order valence-electron chi connectivity index (χ2n) is 4.52. The molecule has 0 saturated carbocycles. The first-order chi connectivity index (χ1) is 9.79. The van der Waals surface area contributed by atoms with Crippen molar-refractivity contribution in [1.82, 2.24) is 0 Å². The Balaban J connectivity index is 1.96. The van der Waals surface area contributed by atoms with Gasteiger partial charge in [-0.1, -0.05) is 36.4 Å². The van der Waals surface area contributed by atoms with Gasteiger partial charge in [-0.25, -0.2) is 0 Å². The van der Waals surface area contributed by atoms with E-state index in [0.29, 0.717) is 23.7 Å². The smallest absolute Gasteiger partial charge is 0.193 e. The Bertz CT molecular complexity index is 686. The number of carbonyl (C=O) groups is 1. The largest absolute Gasteiger partial charge is 0.496 e. The van der Waals surface area contributed by atoms with Crippen LogP contribution >= 0.6 is 0 Å². The van der Waals surface area contributed by atoms with E-state index in [2.05, 4.69) is 0 Å². The lowest BCUT2D eigenvalue weighted by Gasteiger charge is -2.05. The van der Waals surface area contributed by atoms with Gasteiger partial charge in [0.1, 0.15) is 18.1 Å². The van der Waals surface area contributed by atoms with Crippen LogP contribution in [0.2, 0.25) is 0 Å². The normalized spacial score (nSPS) is 14.8. The zero-order valence-electron chi connectivity index (χ0n) is 11.1. The van der Waals surface area contributed by atoms with Gasteiger partial charge < -0.3 is 9.47 Å². The number of rotatable bonds is 3. The second kappa shape index (κ2) is 5.21. The van der Waals surface area contributed by atoms with Gasteiger partial charge in [0.05, 0.1) is 12.7 Å². The van der Waals surface area contributed by atoms with Gasteiger partial charge in [-0.15, -0.1) is 0 Å². The van der Waals surface area contributed by atoms with E-state index in [1.165, 1.54) is 6.08 Å². The summed E-state index contributed by atoms with van der Waals surface area (Å²) in [7, 11) is 1.56. The van der Waals surface area contributed by atoms with E-state index in [9.17, 15) is 4.79 Å². The van der Waals surface area contributed by atoms with E-state index in [-0.39, 0.29) is 5.78 Å². The van der Waals surface area contributed by atoms with Crippen LogP contribution in [0.3, 0.4) is 0 Å². The van der Waals surface area contributed by atoms with Crippen LogP contribution < -0.4 is 4.74 Å². The molecule has 0 bridgehead atoms. The fourth-order valence-electron chi connectivity index (χ4n) is 2.28. The summed E-state index contributed by atoms with van der Waals surface area (Å²) in [6.07, 6.45) is 1.53. The minimum atomic E-state index is -0.117. The van der Waals surface area contributed by atoms with Gasteiger partial charge in [0, 0.05) is 17.2 Å². The van der Waals surface area contributed by atoms with Crippen molar-refractivity contribution in [3.05, 3.63) is 71.3 Å². The van der Waals surface area contributed by atoms with E-state index in [1.54, 1.807) is 19.2 Å². The number of ether oxygens (including phenoxy) is 2. The van der Waals surface area contributed by atoms with E-state index in [1.807, 2.05) is 36.4 Å². The number of ketones is 1. The molecule has 1 aliphatic heterocycles. The third kappa shape index (κ3) is 2.18. The molecule has 1 heterocycles. The van der Waals surface area contributed by atoms with E-state index < -0.39 is 0 Å². The molecule has 0 aliphatic carbocycles. The van der Waals surface area contributed by atoms with Crippen molar-refractivity contribution in [1.29, 1.82) is 0 Å². The maximum Gasteiger partial charge on any atom is 0.193 e. The lowest BCUT2D eigenvalue weighted by Crippen LogP contribution is -1.99. The Morgan fingerprint density at radius 3 is 2.75 bits per heavy atom. The van der Waals surface area contributed by atoms with Crippen LogP contribution in [0, 0.1) is 0 Å². The van der Waals surface area contributed by atoms with Crippen LogP contribution in [0.4, 0.5) is 0 Å². The lowest BCUT2D eigenvalue weighted by atomic mass is 10.1. The van der Waals surface area contributed by atoms with Gasteiger partial charge in [-0.2, -0.15) is 0 Å². The average Bonchev–Trinajstić information content (AvgIpc) is 2.90. The quantitative estimate of drug-likeness (QED) is 0.630. The van der Waals surface area contributed by atoms with Crippen LogP contribution in [0.5, 0.6) is 5.75 Å². The van der Waals surface area contributed by atoms with E-state index in [4.69, 9.17) is 9.47 Å². The number of hydrogen-bond donors (Lipinski definition) is 0. The van der Waals surface area contributed by atoms with Gasteiger partial charge in [-0.3, -0.25) is 4.79 Å². The van der Waals surface area contributed by atoms with E-state index >= 15 is 0 Å². The topological polar surface area (TPSA) is 35.5 Å². The van der Waals surface area contributed by atoms with Crippen molar-refractivity contribution in [3.63, 3.8) is 0 Å². The van der Waals surface area contributed by atoms with Crippen molar-refractivity contribution in [2.45, 2.75) is 6.61 Å². The molecular formula is C17H14O3. The summed E-state index contributed by atoms with van der Waals surface area (Å²) in [6, 6.07) is 15.0. The summed E-state index contributed by atoms with van der Waals surface area (Å²) < 4.78 is 10.8. The van der Waals surface area contributed by atoms with E-state index in [0.717, 1.165) is 11.1 Å². The van der Waals surface area contributed by atoms with Gasteiger partial charge >= 0.3 is 0 Å². The SMILES string of the molecule is COc1ccccc1C(=O)/C=C1\OCc2ccccc21. The molecule has 20 heavy (non-hydrogen) atoms. The molecule has 3 heteroatoms. The summed E-state index contributed by atoms with van der Waals surface area (Å²) in [5.74, 6) is 1.08. The summed E-state index contributed by atoms with van der Waals surface area (Å²) in [5.41, 5.74) is 2.62. The molecule has 3 rings (SSSR count). The number of para-hydroxylation sites is 1. The fraction of sp³-hybridized carbons (Fsp3) is 0.118. The predicted octanol–water partition coefficient (Wildman–Crippen LogP) is 3.45. The summed E-state index contributed by atoms with van der Waals surface area (Å²) in [6.45, 7) is 0.515. The number of benzene rings is 2. The molecule has 0 atom stereocenters. The summed E-state index contributed by atoms with van der Waals surface area (Å²) >= 11 is 0. The third-order valence-electron chi connectivity index (χ3n) is 3.30. The first-order valence-electron chi connectivity index (χ1n) is 6.39. The van der Waals surface area contributed by atoms with Crippen molar-refractivity contribution < 1.29 is 14.3 Å². The number of allylic oxidation sites excluding steroid dienone is 1. The number of fused-ring (bicyclic) bond motifs is 1. The molecular weight excluding hydrogens is 252 g/mol. The van der Waals surface area contributed by atoms with Crippen LogP contribution in [0.25, 0.3) is 5.76 Å².